The van der Waals surface area contributed by atoms with Crippen LogP contribution >= 0.6 is 0 Å². The zero-order valence-corrected chi connectivity index (χ0v) is 18.3. The second-order valence-corrected chi connectivity index (χ2v) is 9.17. The van der Waals surface area contributed by atoms with Crippen molar-refractivity contribution in [3.8, 4) is 5.75 Å². The molecular formula is C23H36N4O2. The first-order valence-electron chi connectivity index (χ1n) is 11.0. The summed E-state index contributed by atoms with van der Waals surface area (Å²) in [4.78, 5) is 7.10. The maximum Gasteiger partial charge on any atom is 0.191 e. The fourth-order valence-electron chi connectivity index (χ4n) is 5.49. The molecule has 0 radical (unpaired) electrons. The van der Waals surface area contributed by atoms with E-state index in [1.54, 1.807) is 7.11 Å². The van der Waals surface area contributed by atoms with Crippen LogP contribution in [-0.2, 0) is 4.74 Å². The van der Waals surface area contributed by atoms with Crippen LogP contribution in [0.5, 0.6) is 5.75 Å². The standard InChI is InChI=1S/C23H36N4O2/c1-23(2)20(18-11-14-29-21(18)23)26-22(24-3)25-15-19(27-12-5-6-13-27)16-7-9-17(28-4)10-8-16/h7-10,18-21H,5-6,11-15H2,1-4H3,(H2,24,25,26). The molecule has 160 valence electrons. The van der Waals surface area contributed by atoms with Gasteiger partial charge in [-0.15, -0.1) is 0 Å². The topological polar surface area (TPSA) is 58.1 Å². The Kier molecular flexibility index (Phi) is 6.02. The molecule has 4 unspecified atom stereocenters. The Labute approximate surface area is 175 Å². The molecule has 6 nitrogen and oxygen atoms in total. The van der Waals surface area contributed by atoms with Crippen LogP contribution in [0.15, 0.2) is 29.3 Å². The number of likely N-dealkylation sites (tertiary alicyclic amines) is 1. The van der Waals surface area contributed by atoms with Crippen molar-refractivity contribution in [3.05, 3.63) is 29.8 Å². The predicted molar refractivity (Wildman–Crippen MR) is 116 cm³/mol. The fourth-order valence-corrected chi connectivity index (χ4v) is 5.49. The summed E-state index contributed by atoms with van der Waals surface area (Å²) in [6.45, 7) is 8.63. The number of nitrogens with zero attached hydrogens (tertiary/aromatic N) is 2. The van der Waals surface area contributed by atoms with E-state index in [0.29, 0.717) is 24.1 Å². The molecule has 4 atom stereocenters. The highest BCUT2D eigenvalue weighted by molar-refractivity contribution is 5.80. The average Bonchev–Trinajstić information content (AvgIpc) is 3.42. The van der Waals surface area contributed by atoms with Crippen LogP contribution in [0, 0.1) is 11.3 Å². The zero-order chi connectivity index (χ0) is 20.4. The Morgan fingerprint density at radius 2 is 2.00 bits per heavy atom. The Morgan fingerprint density at radius 3 is 2.66 bits per heavy atom. The molecule has 0 bridgehead atoms. The van der Waals surface area contributed by atoms with Crippen molar-refractivity contribution in [1.82, 2.24) is 15.5 Å². The van der Waals surface area contributed by atoms with Crippen LogP contribution < -0.4 is 15.4 Å². The van der Waals surface area contributed by atoms with E-state index in [0.717, 1.165) is 44.4 Å². The summed E-state index contributed by atoms with van der Waals surface area (Å²) in [6, 6.07) is 9.24. The van der Waals surface area contributed by atoms with E-state index < -0.39 is 0 Å². The second-order valence-electron chi connectivity index (χ2n) is 9.17. The number of nitrogens with one attached hydrogen (secondary N) is 2. The molecule has 4 rings (SSSR count). The summed E-state index contributed by atoms with van der Waals surface area (Å²) in [5.74, 6) is 2.39. The number of hydrogen-bond donors (Lipinski definition) is 2. The van der Waals surface area contributed by atoms with Gasteiger partial charge in [0.2, 0.25) is 0 Å². The largest absolute Gasteiger partial charge is 0.497 e. The van der Waals surface area contributed by atoms with E-state index >= 15 is 0 Å². The first-order chi connectivity index (χ1) is 14.0. The van der Waals surface area contributed by atoms with Crippen molar-refractivity contribution < 1.29 is 9.47 Å². The summed E-state index contributed by atoms with van der Waals surface area (Å²) >= 11 is 0. The minimum absolute atomic E-state index is 0.142. The van der Waals surface area contributed by atoms with Gasteiger partial charge in [-0.25, -0.2) is 0 Å². The van der Waals surface area contributed by atoms with Gasteiger partial charge < -0.3 is 20.1 Å². The third-order valence-electron chi connectivity index (χ3n) is 7.16. The molecule has 29 heavy (non-hydrogen) atoms. The lowest BCUT2D eigenvalue weighted by atomic mass is 9.57. The highest BCUT2D eigenvalue weighted by Gasteiger charge is 2.59. The van der Waals surface area contributed by atoms with Crippen LogP contribution in [-0.4, -0.2) is 63.4 Å². The van der Waals surface area contributed by atoms with E-state index in [1.807, 2.05) is 7.05 Å². The Morgan fingerprint density at radius 1 is 1.28 bits per heavy atom. The highest BCUT2D eigenvalue weighted by Crippen LogP contribution is 2.52. The van der Waals surface area contributed by atoms with Crippen molar-refractivity contribution in [2.75, 3.05) is 40.4 Å². The molecule has 1 aliphatic carbocycles. The maximum absolute atomic E-state index is 5.94. The molecule has 1 saturated carbocycles. The van der Waals surface area contributed by atoms with Gasteiger partial charge >= 0.3 is 0 Å². The predicted octanol–water partition coefficient (Wildman–Crippen LogP) is 2.81. The summed E-state index contributed by atoms with van der Waals surface area (Å²) in [5.41, 5.74) is 1.47. The lowest BCUT2D eigenvalue weighted by Gasteiger charge is -2.55. The van der Waals surface area contributed by atoms with Gasteiger partial charge in [0, 0.05) is 37.6 Å². The number of rotatable bonds is 6. The van der Waals surface area contributed by atoms with Gasteiger partial charge in [0.25, 0.3) is 0 Å². The monoisotopic (exact) mass is 400 g/mol. The summed E-state index contributed by atoms with van der Waals surface area (Å²) < 4.78 is 11.3. The van der Waals surface area contributed by atoms with Crippen LogP contribution in [0.2, 0.25) is 0 Å². The third kappa shape index (κ3) is 3.97. The normalized spacial score (nSPS) is 29.8. The number of ether oxygens (including phenoxy) is 2. The number of fused-ring (bicyclic) bond motifs is 1. The number of guanidine groups is 1. The second kappa shape index (κ2) is 8.52. The van der Waals surface area contributed by atoms with E-state index in [-0.39, 0.29) is 5.41 Å². The smallest absolute Gasteiger partial charge is 0.191 e. The Hall–Kier alpha value is -1.79. The first-order valence-corrected chi connectivity index (χ1v) is 11.0. The molecule has 0 amide bonds. The molecule has 3 fully saturated rings. The molecule has 2 heterocycles. The lowest BCUT2D eigenvalue weighted by Crippen LogP contribution is -2.68. The van der Waals surface area contributed by atoms with Gasteiger partial charge in [0.15, 0.2) is 5.96 Å². The van der Waals surface area contributed by atoms with E-state index in [9.17, 15) is 0 Å². The average molecular weight is 401 g/mol. The maximum atomic E-state index is 5.94. The molecular weight excluding hydrogens is 364 g/mol. The van der Waals surface area contributed by atoms with Crippen molar-refractivity contribution in [2.24, 2.45) is 16.3 Å². The summed E-state index contributed by atoms with van der Waals surface area (Å²) in [6.07, 6.45) is 4.08. The SMILES string of the molecule is CN=C(NCC(c1ccc(OC)cc1)N1CCCC1)NC1C2CCOC2C1(C)C. The molecule has 2 saturated heterocycles. The minimum Gasteiger partial charge on any atom is -0.497 e. The van der Waals surface area contributed by atoms with Crippen LogP contribution in [0.4, 0.5) is 0 Å². The molecule has 3 aliphatic rings. The van der Waals surface area contributed by atoms with Gasteiger partial charge in [-0.05, 0) is 50.0 Å². The molecule has 1 aromatic carbocycles. The lowest BCUT2D eigenvalue weighted by molar-refractivity contribution is -0.106. The number of benzene rings is 1. The number of aliphatic imine (C=N–C) groups is 1. The fraction of sp³-hybridized carbons (Fsp3) is 0.696. The van der Waals surface area contributed by atoms with Gasteiger partial charge in [0.1, 0.15) is 5.75 Å². The Balaban J connectivity index is 1.41. The van der Waals surface area contributed by atoms with Crippen molar-refractivity contribution in [3.63, 3.8) is 0 Å². The quantitative estimate of drug-likeness (QED) is 0.568. The minimum atomic E-state index is 0.142. The first kappa shape index (κ1) is 20.5. The van der Waals surface area contributed by atoms with E-state index in [2.05, 4.69) is 58.6 Å². The Bertz CT molecular complexity index is 712. The highest BCUT2D eigenvalue weighted by atomic mass is 16.5. The number of methoxy groups -OCH3 is 1. The van der Waals surface area contributed by atoms with Crippen LogP contribution in [0.25, 0.3) is 0 Å². The number of hydrogen-bond acceptors (Lipinski definition) is 4. The van der Waals surface area contributed by atoms with Crippen molar-refractivity contribution >= 4 is 5.96 Å². The van der Waals surface area contributed by atoms with Gasteiger partial charge in [0.05, 0.1) is 19.3 Å². The summed E-state index contributed by atoms with van der Waals surface area (Å²) in [7, 11) is 3.58. The van der Waals surface area contributed by atoms with Gasteiger partial charge in [-0.1, -0.05) is 26.0 Å². The molecule has 6 heteroatoms. The molecule has 2 aliphatic heterocycles. The van der Waals surface area contributed by atoms with Gasteiger partial charge in [-0.3, -0.25) is 9.89 Å². The molecule has 2 N–H and O–H groups in total. The van der Waals surface area contributed by atoms with E-state index in [1.165, 1.54) is 18.4 Å². The third-order valence-corrected chi connectivity index (χ3v) is 7.16. The summed E-state index contributed by atoms with van der Waals surface area (Å²) in [5, 5.41) is 7.32. The molecule has 0 spiro atoms. The van der Waals surface area contributed by atoms with E-state index in [4.69, 9.17) is 9.47 Å². The van der Waals surface area contributed by atoms with Crippen LogP contribution in [0.3, 0.4) is 0 Å². The molecule has 0 aromatic heterocycles. The van der Waals surface area contributed by atoms with Crippen LogP contribution in [0.1, 0.15) is 44.7 Å². The van der Waals surface area contributed by atoms with Gasteiger partial charge in [-0.2, -0.15) is 0 Å². The van der Waals surface area contributed by atoms with Crippen molar-refractivity contribution in [2.45, 2.75) is 51.3 Å². The van der Waals surface area contributed by atoms with Crippen molar-refractivity contribution in [1.29, 1.82) is 0 Å². The zero-order valence-electron chi connectivity index (χ0n) is 18.3. The molecule has 1 aromatic rings.